The Morgan fingerprint density at radius 1 is 1.26 bits per heavy atom. The van der Waals surface area contributed by atoms with E-state index in [2.05, 4.69) is 16.6 Å². The standard InChI is InChI=1S/C24H33N3O7/c1-3-19(13-22(29)32-15-20-16(2)33-24(31)34-20)26-23(30)18-5-4-12-27(14-18)21(28)7-6-17-8-10-25-11-9-17/h1,17-19,25H,4-15H2,2H3,(H,26,30)/t18-,19?/m1/s1. The van der Waals surface area contributed by atoms with Gasteiger partial charge < -0.3 is 29.1 Å². The lowest BCUT2D eigenvalue weighted by Crippen LogP contribution is -2.47. The molecule has 2 saturated heterocycles. The lowest BCUT2D eigenvalue weighted by Gasteiger charge is -2.33. The predicted molar refractivity (Wildman–Crippen MR) is 121 cm³/mol. The molecule has 0 aliphatic carbocycles. The first-order chi connectivity index (χ1) is 16.4. The van der Waals surface area contributed by atoms with Crippen molar-refractivity contribution in [1.29, 1.82) is 0 Å². The highest BCUT2D eigenvalue weighted by atomic mass is 16.6. The minimum Gasteiger partial charge on any atom is -0.457 e. The normalized spacial score (nSPS) is 19.8. The van der Waals surface area contributed by atoms with Crippen molar-refractivity contribution in [3.63, 3.8) is 0 Å². The first kappa shape index (κ1) is 25.6. The van der Waals surface area contributed by atoms with E-state index in [1.54, 1.807) is 4.90 Å². The summed E-state index contributed by atoms with van der Waals surface area (Å²) in [6.45, 7) is 4.28. The molecule has 2 fully saturated rings. The zero-order valence-corrected chi connectivity index (χ0v) is 19.6. The molecular formula is C24H33N3O7. The maximum absolute atomic E-state index is 12.8. The lowest BCUT2D eigenvalue weighted by molar-refractivity contribution is -0.145. The number of nitrogens with zero attached hydrogens (tertiary/aromatic N) is 1. The van der Waals surface area contributed by atoms with Gasteiger partial charge >= 0.3 is 11.8 Å². The van der Waals surface area contributed by atoms with Gasteiger partial charge in [-0.2, -0.15) is 0 Å². The first-order valence-corrected chi connectivity index (χ1v) is 11.9. The van der Waals surface area contributed by atoms with Crippen molar-refractivity contribution in [1.82, 2.24) is 15.5 Å². The van der Waals surface area contributed by atoms with Crippen LogP contribution in [0.5, 0.6) is 0 Å². The summed E-state index contributed by atoms with van der Waals surface area (Å²) in [5.41, 5.74) is 0. The molecule has 3 heterocycles. The molecule has 1 unspecified atom stereocenters. The number of hydrogen-bond donors (Lipinski definition) is 2. The number of hydrogen-bond acceptors (Lipinski definition) is 8. The third-order valence-corrected chi connectivity index (χ3v) is 6.46. The molecule has 2 N–H and O–H groups in total. The predicted octanol–water partition coefficient (Wildman–Crippen LogP) is 1.11. The quantitative estimate of drug-likeness (QED) is 0.401. The summed E-state index contributed by atoms with van der Waals surface area (Å²) >= 11 is 0. The number of carbonyl (C=O) groups excluding carboxylic acids is 3. The Balaban J connectivity index is 1.42. The monoisotopic (exact) mass is 475 g/mol. The number of nitrogens with one attached hydrogen (secondary N) is 2. The zero-order chi connectivity index (χ0) is 24.5. The molecule has 10 nitrogen and oxygen atoms in total. The molecule has 0 bridgehead atoms. The van der Waals surface area contributed by atoms with E-state index < -0.39 is 17.8 Å². The Hall–Kier alpha value is -3.06. The van der Waals surface area contributed by atoms with Gasteiger partial charge in [-0.25, -0.2) is 4.79 Å². The van der Waals surface area contributed by atoms with Crippen LogP contribution >= 0.6 is 0 Å². The van der Waals surface area contributed by atoms with Crippen molar-refractivity contribution in [3.05, 3.63) is 22.1 Å². The van der Waals surface area contributed by atoms with Gasteiger partial charge in [-0.1, -0.05) is 5.92 Å². The maximum atomic E-state index is 12.8. The van der Waals surface area contributed by atoms with Crippen LogP contribution in [-0.2, 0) is 25.7 Å². The number of amides is 2. The van der Waals surface area contributed by atoms with Crippen LogP contribution in [0.4, 0.5) is 0 Å². The molecule has 1 aromatic heterocycles. The van der Waals surface area contributed by atoms with Gasteiger partial charge in [0.05, 0.1) is 12.3 Å². The van der Waals surface area contributed by atoms with Crippen molar-refractivity contribution in [2.75, 3.05) is 26.2 Å². The zero-order valence-electron chi connectivity index (χ0n) is 19.6. The van der Waals surface area contributed by atoms with E-state index in [0.717, 1.165) is 38.8 Å². The van der Waals surface area contributed by atoms with E-state index in [1.807, 2.05) is 0 Å². The van der Waals surface area contributed by atoms with Gasteiger partial charge in [-0.05, 0) is 58.0 Å². The fourth-order valence-electron chi connectivity index (χ4n) is 4.39. The molecular weight excluding hydrogens is 442 g/mol. The van der Waals surface area contributed by atoms with Gasteiger partial charge in [-0.3, -0.25) is 14.4 Å². The molecule has 0 spiro atoms. The summed E-state index contributed by atoms with van der Waals surface area (Å²) in [5, 5.41) is 6.04. The summed E-state index contributed by atoms with van der Waals surface area (Å²) in [4.78, 5) is 50.4. The van der Waals surface area contributed by atoms with Crippen molar-refractivity contribution in [2.24, 2.45) is 11.8 Å². The molecule has 34 heavy (non-hydrogen) atoms. The molecule has 3 rings (SSSR count). The molecule has 2 amide bonds. The maximum Gasteiger partial charge on any atom is 0.519 e. The van der Waals surface area contributed by atoms with Crippen LogP contribution in [0.15, 0.2) is 13.6 Å². The smallest absolute Gasteiger partial charge is 0.457 e. The fraction of sp³-hybridized carbons (Fsp3) is 0.667. The van der Waals surface area contributed by atoms with Gasteiger partial charge in [0.15, 0.2) is 18.1 Å². The third kappa shape index (κ3) is 7.48. The van der Waals surface area contributed by atoms with Gasteiger partial charge in [-0.15, -0.1) is 6.42 Å². The number of ether oxygens (including phenoxy) is 1. The average Bonchev–Trinajstić information content (AvgIpc) is 3.18. The van der Waals surface area contributed by atoms with Crippen LogP contribution in [0.2, 0.25) is 0 Å². The molecule has 2 aliphatic heterocycles. The van der Waals surface area contributed by atoms with Crippen molar-refractivity contribution in [2.45, 2.75) is 64.5 Å². The van der Waals surface area contributed by atoms with E-state index in [9.17, 15) is 19.2 Å². The van der Waals surface area contributed by atoms with Crippen LogP contribution in [0, 0.1) is 31.1 Å². The highest BCUT2D eigenvalue weighted by Gasteiger charge is 2.30. The van der Waals surface area contributed by atoms with Gasteiger partial charge in [0.2, 0.25) is 11.8 Å². The van der Waals surface area contributed by atoms with Gasteiger partial charge in [0, 0.05) is 19.5 Å². The fourth-order valence-corrected chi connectivity index (χ4v) is 4.39. The first-order valence-electron chi connectivity index (χ1n) is 11.9. The topological polar surface area (TPSA) is 131 Å². The second kappa shape index (κ2) is 12.4. The Labute approximate surface area is 198 Å². The summed E-state index contributed by atoms with van der Waals surface area (Å²) in [6.07, 6.45) is 10.3. The highest BCUT2D eigenvalue weighted by Crippen LogP contribution is 2.22. The van der Waals surface area contributed by atoms with Gasteiger partial charge in [0.25, 0.3) is 0 Å². The van der Waals surface area contributed by atoms with E-state index in [0.29, 0.717) is 31.8 Å². The van der Waals surface area contributed by atoms with Crippen molar-refractivity contribution < 1.29 is 28.0 Å². The van der Waals surface area contributed by atoms with Crippen LogP contribution in [0.3, 0.4) is 0 Å². The molecule has 1 aromatic rings. The second-order valence-corrected chi connectivity index (χ2v) is 8.94. The van der Waals surface area contributed by atoms with Crippen LogP contribution in [0.1, 0.15) is 56.5 Å². The molecule has 186 valence electrons. The number of terminal acetylenes is 1. The largest absolute Gasteiger partial charge is 0.519 e. The van der Waals surface area contributed by atoms with Crippen LogP contribution in [-0.4, -0.2) is 54.9 Å². The minimum absolute atomic E-state index is 0.0919. The van der Waals surface area contributed by atoms with Gasteiger partial charge in [0.1, 0.15) is 6.04 Å². The summed E-state index contributed by atoms with van der Waals surface area (Å²) in [5.74, 6) is 1.25. The summed E-state index contributed by atoms with van der Waals surface area (Å²) < 4.78 is 14.6. The van der Waals surface area contributed by atoms with E-state index >= 15 is 0 Å². The van der Waals surface area contributed by atoms with Crippen LogP contribution in [0.25, 0.3) is 0 Å². The minimum atomic E-state index is -0.872. The number of aryl methyl sites for hydroxylation is 1. The molecule has 2 aliphatic rings. The van der Waals surface area contributed by atoms with Crippen LogP contribution < -0.4 is 16.5 Å². The number of carbonyl (C=O) groups is 3. The number of likely N-dealkylation sites (tertiary alicyclic amines) is 1. The lowest BCUT2D eigenvalue weighted by atomic mass is 9.92. The molecule has 0 aromatic carbocycles. The summed E-state index contributed by atoms with van der Waals surface area (Å²) in [6, 6.07) is -0.844. The second-order valence-electron chi connectivity index (χ2n) is 8.94. The molecule has 0 radical (unpaired) electrons. The van der Waals surface area contributed by atoms with E-state index in [-0.39, 0.29) is 42.3 Å². The number of piperidine rings is 2. The Morgan fingerprint density at radius 2 is 2.03 bits per heavy atom. The highest BCUT2D eigenvalue weighted by molar-refractivity contribution is 5.82. The average molecular weight is 476 g/mol. The molecule has 0 saturated carbocycles. The van der Waals surface area contributed by atoms with E-state index in [4.69, 9.17) is 20.0 Å². The number of rotatable bonds is 9. The van der Waals surface area contributed by atoms with E-state index in [1.165, 1.54) is 6.92 Å². The third-order valence-electron chi connectivity index (χ3n) is 6.46. The Morgan fingerprint density at radius 3 is 2.71 bits per heavy atom. The molecule has 2 atom stereocenters. The Bertz CT molecular complexity index is 955. The van der Waals surface area contributed by atoms with Crippen molar-refractivity contribution in [3.8, 4) is 12.3 Å². The Kier molecular flexibility index (Phi) is 9.33. The number of esters is 1. The summed E-state index contributed by atoms with van der Waals surface area (Å²) in [7, 11) is 0. The molecule has 10 heteroatoms. The van der Waals surface area contributed by atoms with Crippen molar-refractivity contribution >= 4 is 17.8 Å². The SMILES string of the molecule is C#CC(CC(=O)OCc1oc(=O)oc1C)NC(=O)[C@@H]1CCCN(C(=O)CCC2CCNCC2)C1.